The van der Waals surface area contributed by atoms with Gasteiger partial charge in [-0.1, -0.05) is 0 Å². The molecule has 4 unspecified atom stereocenters. The first kappa shape index (κ1) is 19.6. The van der Waals surface area contributed by atoms with E-state index in [0.717, 1.165) is 58.2 Å². The third-order valence-electron chi connectivity index (χ3n) is 5.68. The SMILES string of the molecule is CC(OCC1CCCO1)C(=O)N1CCCC(CNC(=O)C2CCCN2)C1. The van der Waals surface area contributed by atoms with Crippen molar-refractivity contribution in [1.82, 2.24) is 15.5 Å². The van der Waals surface area contributed by atoms with Crippen LogP contribution in [0, 0.1) is 5.92 Å². The van der Waals surface area contributed by atoms with Gasteiger partial charge in [0, 0.05) is 26.2 Å². The maximum Gasteiger partial charge on any atom is 0.251 e. The van der Waals surface area contributed by atoms with E-state index < -0.39 is 6.10 Å². The van der Waals surface area contributed by atoms with Crippen molar-refractivity contribution < 1.29 is 19.1 Å². The van der Waals surface area contributed by atoms with Gasteiger partial charge in [0.25, 0.3) is 5.91 Å². The number of nitrogens with zero attached hydrogens (tertiary/aromatic N) is 1. The van der Waals surface area contributed by atoms with Crippen LogP contribution in [0.5, 0.6) is 0 Å². The van der Waals surface area contributed by atoms with E-state index in [9.17, 15) is 9.59 Å². The van der Waals surface area contributed by atoms with Crippen molar-refractivity contribution in [2.24, 2.45) is 5.92 Å². The summed E-state index contributed by atoms with van der Waals surface area (Å²) in [4.78, 5) is 26.7. The van der Waals surface area contributed by atoms with Gasteiger partial charge < -0.3 is 25.0 Å². The Morgan fingerprint density at radius 3 is 2.88 bits per heavy atom. The minimum Gasteiger partial charge on any atom is -0.376 e. The molecule has 0 aliphatic carbocycles. The molecule has 0 aromatic carbocycles. The number of hydrogen-bond acceptors (Lipinski definition) is 5. The minimum absolute atomic E-state index is 0.0393. The molecule has 3 saturated heterocycles. The molecule has 0 aromatic rings. The van der Waals surface area contributed by atoms with Gasteiger partial charge in [-0.3, -0.25) is 9.59 Å². The lowest BCUT2D eigenvalue weighted by atomic mass is 9.97. The van der Waals surface area contributed by atoms with Crippen molar-refractivity contribution in [3.63, 3.8) is 0 Å². The molecule has 7 nitrogen and oxygen atoms in total. The third-order valence-corrected chi connectivity index (χ3v) is 5.68. The van der Waals surface area contributed by atoms with Crippen LogP contribution >= 0.6 is 0 Å². The highest BCUT2D eigenvalue weighted by Crippen LogP contribution is 2.18. The minimum atomic E-state index is -0.435. The molecular weight excluding hydrogens is 334 g/mol. The monoisotopic (exact) mass is 367 g/mol. The highest BCUT2D eigenvalue weighted by molar-refractivity contribution is 5.82. The van der Waals surface area contributed by atoms with Crippen LogP contribution in [-0.2, 0) is 19.1 Å². The second-order valence-electron chi connectivity index (χ2n) is 7.80. The summed E-state index contributed by atoms with van der Waals surface area (Å²) in [7, 11) is 0. The Labute approximate surface area is 156 Å². The van der Waals surface area contributed by atoms with E-state index in [1.165, 1.54) is 0 Å². The number of nitrogens with one attached hydrogen (secondary N) is 2. The number of carbonyl (C=O) groups is 2. The second-order valence-corrected chi connectivity index (χ2v) is 7.80. The average Bonchev–Trinajstić information content (AvgIpc) is 3.37. The topological polar surface area (TPSA) is 79.9 Å². The number of hydrogen-bond donors (Lipinski definition) is 2. The Balaban J connectivity index is 1.38. The quantitative estimate of drug-likeness (QED) is 0.692. The largest absolute Gasteiger partial charge is 0.376 e. The van der Waals surface area contributed by atoms with E-state index >= 15 is 0 Å². The summed E-state index contributed by atoms with van der Waals surface area (Å²) in [6, 6.07) is -0.0393. The van der Waals surface area contributed by atoms with Crippen molar-refractivity contribution in [2.75, 3.05) is 39.4 Å². The Hall–Kier alpha value is -1.18. The van der Waals surface area contributed by atoms with E-state index in [1.54, 1.807) is 0 Å². The Morgan fingerprint density at radius 1 is 1.27 bits per heavy atom. The first-order valence-electron chi connectivity index (χ1n) is 10.2. The molecule has 26 heavy (non-hydrogen) atoms. The molecule has 0 bridgehead atoms. The Kier molecular flexibility index (Phi) is 7.28. The number of likely N-dealkylation sites (tertiary alicyclic amines) is 1. The second kappa shape index (κ2) is 9.67. The van der Waals surface area contributed by atoms with Crippen LogP contribution in [0.1, 0.15) is 45.4 Å². The van der Waals surface area contributed by atoms with Crippen molar-refractivity contribution in [2.45, 2.75) is 63.7 Å². The predicted molar refractivity (Wildman–Crippen MR) is 97.7 cm³/mol. The number of rotatable bonds is 7. The molecule has 0 spiro atoms. The molecule has 148 valence electrons. The summed E-state index contributed by atoms with van der Waals surface area (Å²) in [5.41, 5.74) is 0. The van der Waals surface area contributed by atoms with Crippen LogP contribution in [-0.4, -0.2) is 74.4 Å². The summed E-state index contributed by atoms with van der Waals surface area (Å²) >= 11 is 0. The van der Waals surface area contributed by atoms with E-state index in [-0.39, 0.29) is 24.0 Å². The highest BCUT2D eigenvalue weighted by atomic mass is 16.5. The van der Waals surface area contributed by atoms with E-state index in [1.807, 2.05) is 11.8 Å². The summed E-state index contributed by atoms with van der Waals surface area (Å²) in [5.74, 6) is 0.471. The fraction of sp³-hybridized carbons (Fsp3) is 0.895. The summed E-state index contributed by atoms with van der Waals surface area (Å²) in [6.07, 6.45) is 5.80. The van der Waals surface area contributed by atoms with Crippen LogP contribution in [0.15, 0.2) is 0 Å². The van der Waals surface area contributed by atoms with Crippen molar-refractivity contribution in [3.05, 3.63) is 0 Å². The third kappa shape index (κ3) is 5.41. The molecule has 3 fully saturated rings. The van der Waals surface area contributed by atoms with Gasteiger partial charge in [-0.2, -0.15) is 0 Å². The van der Waals surface area contributed by atoms with Gasteiger partial charge in [0.1, 0.15) is 6.10 Å². The van der Waals surface area contributed by atoms with Gasteiger partial charge >= 0.3 is 0 Å². The number of carbonyl (C=O) groups excluding carboxylic acids is 2. The zero-order chi connectivity index (χ0) is 18.4. The van der Waals surface area contributed by atoms with Gasteiger partial charge in [-0.25, -0.2) is 0 Å². The summed E-state index contributed by atoms with van der Waals surface area (Å²) in [6.45, 7) is 6.17. The fourth-order valence-electron chi connectivity index (χ4n) is 4.06. The molecule has 3 aliphatic rings. The van der Waals surface area contributed by atoms with Crippen LogP contribution < -0.4 is 10.6 Å². The van der Waals surface area contributed by atoms with Crippen LogP contribution in [0.2, 0.25) is 0 Å². The standard InChI is InChI=1S/C19H33N3O4/c1-14(26-13-16-6-4-10-25-16)19(24)22-9-3-5-15(12-22)11-21-18(23)17-7-2-8-20-17/h14-17,20H,2-13H2,1H3,(H,21,23). The molecule has 3 aliphatic heterocycles. The average molecular weight is 367 g/mol. The predicted octanol–water partition coefficient (Wildman–Crippen LogP) is 0.677. The van der Waals surface area contributed by atoms with E-state index in [0.29, 0.717) is 25.6 Å². The first-order valence-corrected chi connectivity index (χ1v) is 10.2. The van der Waals surface area contributed by atoms with Crippen LogP contribution in [0.4, 0.5) is 0 Å². The molecule has 7 heteroatoms. The fourth-order valence-corrected chi connectivity index (χ4v) is 4.06. The molecule has 0 aromatic heterocycles. The van der Waals surface area contributed by atoms with Crippen LogP contribution in [0.25, 0.3) is 0 Å². The molecule has 4 atom stereocenters. The number of amides is 2. The van der Waals surface area contributed by atoms with Gasteiger partial charge in [0.15, 0.2) is 0 Å². The number of piperidine rings is 1. The van der Waals surface area contributed by atoms with Crippen molar-refractivity contribution in [3.8, 4) is 0 Å². The molecule has 3 rings (SSSR count). The van der Waals surface area contributed by atoms with Gasteiger partial charge in [0.2, 0.25) is 5.91 Å². The smallest absolute Gasteiger partial charge is 0.251 e. The molecule has 2 amide bonds. The van der Waals surface area contributed by atoms with Gasteiger partial charge in [0.05, 0.1) is 18.8 Å². The number of ether oxygens (including phenoxy) is 2. The van der Waals surface area contributed by atoms with Crippen molar-refractivity contribution in [1.29, 1.82) is 0 Å². The molecule has 3 heterocycles. The lowest BCUT2D eigenvalue weighted by Gasteiger charge is -2.34. The summed E-state index contributed by atoms with van der Waals surface area (Å²) in [5, 5.41) is 6.28. The van der Waals surface area contributed by atoms with Crippen molar-refractivity contribution >= 4 is 11.8 Å². The maximum atomic E-state index is 12.7. The van der Waals surface area contributed by atoms with E-state index in [4.69, 9.17) is 9.47 Å². The van der Waals surface area contributed by atoms with E-state index in [2.05, 4.69) is 10.6 Å². The van der Waals surface area contributed by atoms with Gasteiger partial charge in [-0.05, 0) is 57.9 Å². The molecule has 2 N–H and O–H groups in total. The van der Waals surface area contributed by atoms with Crippen LogP contribution in [0.3, 0.4) is 0 Å². The first-order chi connectivity index (χ1) is 12.6. The van der Waals surface area contributed by atoms with Gasteiger partial charge in [-0.15, -0.1) is 0 Å². The Morgan fingerprint density at radius 2 is 2.15 bits per heavy atom. The summed E-state index contributed by atoms with van der Waals surface area (Å²) < 4.78 is 11.3. The molecule has 0 radical (unpaired) electrons. The normalized spacial score (nSPS) is 30.3. The Bertz CT molecular complexity index is 475. The molecular formula is C19H33N3O4. The molecule has 0 saturated carbocycles. The lowest BCUT2D eigenvalue weighted by molar-refractivity contribution is -0.146. The lowest BCUT2D eigenvalue weighted by Crippen LogP contribution is -2.49. The zero-order valence-electron chi connectivity index (χ0n) is 15.9. The maximum absolute atomic E-state index is 12.7. The highest BCUT2D eigenvalue weighted by Gasteiger charge is 2.29. The zero-order valence-corrected chi connectivity index (χ0v) is 15.9.